The first-order valence-corrected chi connectivity index (χ1v) is 10.9. The maximum atomic E-state index is 13.3. The third kappa shape index (κ3) is 3.20. The van der Waals surface area contributed by atoms with Gasteiger partial charge in [-0.05, 0) is 43.0 Å². The van der Waals surface area contributed by atoms with Crippen LogP contribution in [0, 0.1) is 0 Å². The third-order valence-corrected chi connectivity index (χ3v) is 7.22. The number of rotatable bonds is 4. The lowest BCUT2D eigenvalue weighted by Gasteiger charge is -2.30. The molecule has 4 rings (SSSR count). The van der Waals surface area contributed by atoms with E-state index < -0.39 is 22.0 Å². The Morgan fingerprint density at radius 2 is 1.57 bits per heavy atom. The first-order chi connectivity index (χ1) is 13.5. The van der Waals surface area contributed by atoms with Crippen molar-refractivity contribution in [3.8, 4) is 0 Å². The van der Waals surface area contributed by atoms with E-state index in [-0.39, 0.29) is 17.2 Å². The number of amides is 2. The monoisotopic (exact) mass is 398 g/mol. The van der Waals surface area contributed by atoms with Crippen molar-refractivity contribution in [3.05, 3.63) is 65.7 Å². The average Bonchev–Trinajstić information content (AvgIpc) is 3.02. The fourth-order valence-electron chi connectivity index (χ4n) is 3.98. The van der Waals surface area contributed by atoms with Crippen LogP contribution in [-0.2, 0) is 14.8 Å². The number of carbonyl (C=O) groups excluding carboxylic acids is 2. The zero-order valence-electron chi connectivity index (χ0n) is 15.5. The highest BCUT2D eigenvalue weighted by atomic mass is 32.2. The van der Waals surface area contributed by atoms with Gasteiger partial charge in [-0.2, -0.15) is 0 Å². The number of carbonyl (C=O) groups is 2. The van der Waals surface area contributed by atoms with E-state index in [0.717, 1.165) is 23.6 Å². The summed E-state index contributed by atoms with van der Waals surface area (Å²) < 4.78 is 27.4. The van der Waals surface area contributed by atoms with Crippen LogP contribution in [0.2, 0.25) is 0 Å². The van der Waals surface area contributed by atoms with Crippen LogP contribution in [0.4, 0.5) is 0 Å². The second-order valence-electron chi connectivity index (χ2n) is 7.17. The molecule has 0 aromatic heterocycles. The molecule has 0 saturated carbocycles. The van der Waals surface area contributed by atoms with Crippen molar-refractivity contribution in [1.82, 2.24) is 9.21 Å². The highest BCUT2D eigenvalue weighted by molar-refractivity contribution is 7.89. The SMILES string of the molecule is O=C(CC1c2ccccc2C(=O)N1S(=O)(=O)c1ccccc1)N1CCCCC1. The Morgan fingerprint density at radius 1 is 0.929 bits per heavy atom. The van der Waals surface area contributed by atoms with Gasteiger partial charge in [-0.3, -0.25) is 9.59 Å². The lowest BCUT2D eigenvalue weighted by atomic mass is 10.0. The zero-order chi connectivity index (χ0) is 19.7. The van der Waals surface area contributed by atoms with Crippen LogP contribution in [-0.4, -0.2) is 42.5 Å². The Kier molecular flexibility index (Phi) is 4.93. The van der Waals surface area contributed by atoms with Crippen molar-refractivity contribution >= 4 is 21.8 Å². The summed E-state index contributed by atoms with van der Waals surface area (Å²) in [6, 6.07) is 13.9. The molecule has 2 aromatic carbocycles. The summed E-state index contributed by atoms with van der Waals surface area (Å²) in [5.74, 6) is -0.682. The van der Waals surface area contributed by atoms with Crippen LogP contribution in [0.1, 0.15) is 47.6 Å². The van der Waals surface area contributed by atoms with E-state index in [9.17, 15) is 18.0 Å². The normalized spacial score (nSPS) is 19.6. The van der Waals surface area contributed by atoms with Gasteiger partial charge < -0.3 is 4.90 Å². The Morgan fingerprint density at radius 3 is 2.29 bits per heavy atom. The maximum Gasteiger partial charge on any atom is 0.268 e. The second-order valence-corrected chi connectivity index (χ2v) is 8.98. The van der Waals surface area contributed by atoms with Gasteiger partial charge >= 0.3 is 0 Å². The fraction of sp³-hybridized carbons (Fsp3) is 0.333. The Bertz CT molecular complexity index is 998. The summed E-state index contributed by atoms with van der Waals surface area (Å²) >= 11 is 0. The number of piperidine rings is 1. The average molecular weight is 398 g/mol. The first-order valence-electron chi connectivity index (χ1n) is 9.50. The van der Waals surface area contributed by atoms with Crippen LogP contribution in [0.5, 0.6) is 0 Å². The van der Waals surface area contributed by atoms with E-state index in [4.69, 9.17) is 0 Å². The van der Waals surface area contributed by atoms with Crippen LogP contribution in [0.15, 0.2) is 59.5 Å². The molecule has 0 bridgehead atoms. The Hall–Kier alpha value is -2.67. The summed E-state index contributed by atoms with van der Waals surface area (Å²) in [5, 5.41) is 0. The van der Waals surface area contributed by atoms with Gasteiger partial charge in [0.2, 0.25) is 5.91 Å². The van der Waals surface area contributed by atoms with Gasteiger partial charge in [0.15, 0.2) is 0 Å². The number of nitrogens with zero attached hydrogens (tertiary/aromatic N) is 2. The fourth-order valence-corrected chi connectivity index (χ4v) is 5.55. The summed E-state index contributed by atoms with van der Waals surface area (Å²) in [5.41, 5.74) is 0.941. The smallest absolute Gasteiger partial charge is 0.268 e. The molecule has 2 amide bonds. The van der Waals surface area contributed by atoms with Crippen molar-refractivity contribution in [1.29, 1.82) is 0 Å². The number of fused-ring (bicyclic) bond motifs is 1. The van der Waals surface area contributed by atoms with Crippen molar-refractivity contribution in [2.45, 2.75) is 36.6 Å². The van der Waals surface area contributed by atoms with Crippen molar-refractivity contribution in [3.63, 3.8) is 0 Å². The Balaban J connectivity index is 1.72. The lowest BCUT2D eigenvalue weighted by molar-refractivity contribution is -0.132. The number of sulfonamides is 1. The minimum atomic E-state index is -4.07. The molecular weight excluding hydrogens is 376 g/mol. The molecule has 2 aromatic rings. The number of hydrogen-bond donors (Lipinski definition) is 0. The summed E-state index contributed by atoms with van der Waals surface area (Å²) in [6.45, 7) is 1.37. The van der Waals surface area contributed by atoms with E-state index in [1.54, 1.807) is 47.4 Å². The first kappa shape index (κ1) is 18.7. The zero-order valence-corrected chi connectivity index (χ0v) is 16.3. The largest absolute Gasteiger partial charge is 0.343 e. The molecule has 1 fully saturated rings. The van der Waals surface area contributed by atoms with Gasteiger partial charge in [0.05, 0.1) is 17.4 Å². The van der Waals surface area contributed by atoms with Crippen LogP contribution in [0.3, 0.4) is 0 Å². The van der Waals surface area contributed by atoms with Gasteiger partial charge in [-0.1, -0.05) is 36.4 Å². The third-order valence-electron chi connectivity index (χ3n) is 5.41. The topological polar surface area (TPSA) is 74.8 Å². The minimum absolute atomic E-state index is 0.0329. The molecule has 1 saturated heterocycles. The molecule has 0 radical (unpaired) electrons. The van der Waals surface area contributed by atoms with E-state index in [1.165, 1.54) is 12.1 Å². The van der Waals surface area contributed by atoms with Crippen molar-refractivity contribution in [2.75, 3.05) is 13.1 Å². The molecule has 1 unspecified atom stereocenters. The predicted molar refractivity (Wildman–Crippen MR) is 104 cm³/mol. The lowest BCUT2D eigenvalue weighted by Crippen LogP contribution is -2.40. The minimum Gasteiger partial charge on any atom is -0.343 e. The van der Waals surface area contributed by atoms with E-state index in [2.05, 4.69) is 0 Å². The Labute approximate surface area is 164 Å². The number of benzene rings is 2. The van der Waals surface area contributed by atoms with Crippen LogP contribution < -0.4 is 0 Å². The van der Waals surface area contributed by atoms with Gasteiger partial charge in [0.25, 0.3) is 15.9 Å². The highest BCUT2D eigenvalue weighted by Crippen LogP contribution is 2.40. The molecule has 6 nitrogen and oxygen atoms in total. The molecule has 7 heteroatoms. The summed E-state index contributed by atoms with van der Waals surface area (Å²) in [6.07, 6.45) is 2.98. The molecule has 0 aliphatic carbocycles. The van der Waals surface area contributed by atoms with Crippen molar-refractivity contribution in [2.24, 2.45) is 0 Å². The number of likely N-dealkylation sites (tertiary alicyclic amines) is 1. The number of hydrogen-bond acceptors (Lipinski definition) is 4. The molecule has 0 spiro atoms. The molecule has 1 atom stereocenters. The molecule has 0 N–H and O–H groups in total. The van der Waals surface area contributed by atoms with Gasteiger partial charge in [0.1, 0.15) is 0 Å². The van der Waals surface area contributed by atoms with Gasteiger partial charge in [-0.15, -0.1) is 0 Å². The van der Waals surface area contributed by atoms with Gasteiger partial charge in [-0.25, -0.2) is 12.7 Å². The molecule has 2 aliphatic rings. The van der Waals surface area contributed by atoms with Crippen LogP contribution >= 0.6 is 0 Å². The van der Waals surface area contributed by atoms with E-state index in [0.29, 0.717) is 24.2 Å². The van der Waals surface area contributed by atoms with E-state index in [1.807, 2.05) is 0 Å². The molecular formula is C21H22N2O4S. The van der Waals surface area contributed by atoms with E-state index >= 15 is 0 Å². The molecule has 146 valence electrons. The quantitative estimate of drug-likeness (QED) is 0.794. The highest BCUT2D eigenvalue weighted by Gasteiger charge is 2.45. The second kappa shape index (κ2) is 7.39. The molecule has 28 heavy (non-hydrogen) atoms. The van der Waals surface area contributed by atoms with Gasteiger partial charge in [0, 0.05) is 18.7 Å². The standard InChI is InChI=1S/C21H22N2O4S/c24-20(22-13-7-2-8-14-22)15-19-17-11-5-6-12-18(17)21(25)23(19)28(26,27)16-9-3-1-4-10-16/h1,3-6,9-12,19H,2,7-8,13-15H2. The van der Waals surface area contributed by atoms with Crippen LogP contribution in [0.25, 0.3) is 0 Å². The molecule has 2 aliphatic heterocycles. The summed E-state index contributed by atoms with van der Waals surface area (Å²) in [7, 11) is -4.07. The van der Waals surface area contributed by atoms with Crippen molar-refractivity contribution < 1.29 is 18.0 Å². The summed E-state index contributed by atoms with van der Waals surface area (Å²) in [4.78, 5) is 27.7. The maximum absolute atomic E-state index is 13.3. The predicted octanol–water partition coefficient (Wildman–Crippen LogP) is 2.98. The molecule has 2 heterocycles.